The van der Waals surface area contributed by atoms with E-state index < -0.39 is 11.7 Å². The lowest BCUT2D eigenvalue weighted by Gasteiger charge is -2.34. The zero-order valence-corrected chi connectivity index (χ0v) is 19.6. The minimum Gasteiger partial charge on any atom is -0.346 e. The number of benzene rings is 1. The summed E-state index contributed by atoms with van der Waals surface area (Å²) < 4.78 is 13.4. The Labute approximate surface area is 203 Å². The molecule has 1 fully saturated rings. The Morgan fingerprint density at radius 1 is 1.23 bits per heavy atom. The summed E-state index contributed by atoms with van der Waals surface area (Å²) >= 11 is 0. The Morgan fingerprint density at radius 3 is 2.77 bits per heavy atom. The van der Waals surface area contributed by atoms with Crippen molar-refractivity contribution in [1.29, 1.82) is 0 Å². The maximum absolute atomic E-state index is 13.4. The second kappa shape index (κ2) is 9.07. The molecule has 2 aromatic heterocycles. The molecule has 1 aliphatic heterocycles. The summed E-state index contributed by atoms with van der Waals surface area (Å²) in [7, 11) is 0. The molecule has 1 amide bonds. The van der Waals surface area contributed by atoms with Crippen LogP contribution in [0.15, 0.2) is 73.0 Å². The van der Waals surface area contributed by atoms with Crippen molar-refractivity contribution < 1.29 is 14.0 Å². The van der Waals surface area contributed by atoms with Crippen LogP contribution in [0.2, 0.25) is 0 Å². The number of nitrogens with zero attached hydrogens (tertiary/aromatic N) is 1. The molecule has 3 heterocycles. The average Bonchev–Trinajstić information content (AvgIpc) is 3.37. The van der Waals surface area contributed by atoms with Gasteiger partial charge in [0.05, 0.1) is 11.4 Å². The maximum Gasteiger partial charge on any atom is 0.257 e. The van der Waals surface area contributed by atoms with Gasteiger partial charge in [0.25, 0.3) is 5.91 Å². The van der Waals surface area contributed by atoms with E-state index in [1.165, 1.54) is 31.3 Å². The highest BCUT2D eigenvalue weighted by molar-refractivity contribution is 6.04. The molecule has 6 nitrogen and oxygen atoms in total. The topological polar surface area (TPSA) is 86.9 Å². The highest BCUT2D eigenvalue weighted by Crippen LogP contribution is 2.46. The molecular formula is C28H27FN4O2. The zero-order valence-electron chi connectivity index (χ0n) is 19.6. The summed E-state index contributed by atoms with van der Waals surface area (Å²) in [6.07, 6.45) is 10.1. The number of pyridine rings is 1. The van der Waals surface area contributed by atoms with Crippen molar-refractivity contribution in [2.75, 3.05) is 13.1 Å². The summed E-state index contributed by atoms with van der Waals surface area (Å²) in [6.45, 7) is 6.73. The van der Waals surface area contributed by atoms with Crippen molar-refractivity contribution >= 4 is 22.7 Å². The SMILES string of the molecule is C=C/C=C(\C=C(/C)F)NC(=O)c1cnc2[nH]cc(-c3ccc4c(c3)C3(CCNCC3)CC4=O)c2c1. The number of Topliss-reactive ketones (excluding diaryl/α,β-unsaturated/α-hetero) is 1. The number of piperidine rings is 1. The van der Waals surface area contributed by atoms with Gasteiger partial charge in [-0.2, -0.15) is 0 Å². The summed E-state index contributed by atoms with van der Waals surface area (Å²) in [5.74, 6) is -0.610. The van der Waals surface area contributed by atoms with Crippen LogP contribution >= 0.6 is 0 Å². The molecule has 2 aliphatic rings. The van der Waals surface area contributed by atoms with Crippen LogP contribution in [0, 0.1) is 0 Å². The van der Waals surface area contributed by atoms with Crippen molar-refractivity contribution in [3.63, 3.8) is 0 Å². The van der Waals surface area contributed by atoms with Crippen LogP contribution in [0.3, 0.4) is 0 Å². The summed E-state index contributed by atoms with van der Waals surface area (Å²) in [5, 5.41) is 6.90. The molecule has 0 radical (unpaired) electrons. The predicted molar refractivity (Wildman–Crippen MR) is 135 cm³/mol. The summed E-state index contributed by atoms with van der Waals surface area (Å²) in [4.78, 5) is 33.2. The van der Waals surface area contributed by atoms with Crippen molar-refractivity contribution in [2.24, 2.45) is 0 Å². The fraction of sp³-hybridized carbons (Fsp3) is 0.250. The Balaban J connectivity index is 1.52. The van der Waals surface area contributed by atoms with Crippen molar-refractivity contribution in [3.8, 4) is 11.1 Å². The fourth-order valence-corrected chi connectivity index (χ4v) is 5.28. The van der Waals surface area contributed by atoms with Crippen molar-refractivity contribution in [3.05, 3.63) is 89.7 Å². The second-order valence-electron chi connectivity index (χ2n) is 9.26. The monoisotopic (exact) mass is 470 g/mol. The number of carbonyl (C=O) groups excluding carboxylic acids is 2. The molecule has 0 bridgehead atoms. The third-order valence-corrected chi connectivity index (χ3v) is 6.96. The first kappa shape index (κ1) is 22.9. The number of amides is 1. The van der Waals surface area contributed by atoms with Gasteiger partial charge >= 0.3 is 0 Å². The Kier molecular flexibility index (Phi) is 5.94. The van der Waals surface area contributed by atoms with Crippen molar-refractivity contribution in [1.82, 2.24) is 20.6 Å². The molecule has 7 heteroatoms. The van der Waals surface area contributed by atoms with E-state index in [0.29, 0.717) is 23.3 Å². The molecule has 5 rings (SSSR count). The van der Waals surface area contributed by atoms with E-state index in [1.807, 2.05) is 18.3 Å². The van der Waals surface area contributed by atoms with Gasteiger partial charge in [0.15, 0.2) is 5.78 Å². The number of hydrogen-bond donors (Lipinski definition) is 3. The molecule has 1 saturated heterocycles. The van der Waals surface area contributed by atoms with E-state index in [2.05, 4.69) is 33.2 Å². The van der Waals surface area contributed by atoms with Gasteiger partial charge in [0, 0.05) is 46.4 Å². The van der Waals surface area contributed by atoms with E-state index in [-0.39, 0.29) is 11.2 Å². The van der Waals surface area contributed by atoms with E-state index in [4.69, 9.17) is 0 Å². The van der Waals surface area contributed by atoms with E-state index >= 15 is 0 Å². The summed E-state index contributed by atoms with van der Waals surface area (Å²) in [6, 6.07) is 7.82. The molecule has 3 N–H and O–H groups in total. The highest BCUT2D eigenvalue weighted by Gasteiger charge is 2.43. The average molecular weight is 471 g/mol. The molecule has 0 saturated carbocycles. The third kappa shape index (κ3) is 4.23. The molecule has 0 atom stereocenters. The quantitative estimate of drug-likeness (QED) is 0.452. The molecule has 0 unspecified atom stereocenters. The number of halogens is 1. The number of fused-ring (bicyclic) bond motifs is 3. The first-order chi connectivity index (χ1) is 16.9. The molecular weight excluding hydrogens is 443 g/mol. The Hall–Kier alpha value is -3.84. The van der Waals surface area contributed by atoms with E-state index in [1.54, 1.807) is 6.07 Å². The van der Waals surface area contributed by atoms with Gasteiger partial charge in [-0.15, -0.1) is 0 Å². The number of aromatic amines is 1. The Bertz CT molecular complexity index is 1410. The number of nitrogens with one attached hydrogen (secondary N) is 3. The van der Waals surface area contributed by atoms with Gasteiger partial charge in [-0.05, 0) is 68.3 Å². The van der Waals surface area contributed by atoms with Crippen LogP contribution in [0.1, 0.15) is 52.5 Å². The van der Waals surface area contributed by atoms with Gasteiger partial charge in [0.1, 0.15) is 5.65 Å². The van der Waals surface area contributed by atoms with Crippen molar-refractivity contribution in [2.45, 2.75) is 31.6 Å². The van der Waals surface area contributed by atoms with Gasteiger partial charge in [0.2, 0.25) is 0 Å². The van der Waals surface area contributed by atoms with Crippen LogP contribution in [0.25, 0.3) is 22.2 Å². The molecule has 1 aliphatic carbocycles. The minimum absolute atomic E-state index is 0.0982. The fourth-order valence-electron chi connectivity index (χ4n) is 5.28. The number of hydrogen-bond acceptors (Lipinski definition) is 4. The number of carbonyl (C=O) groups is 2. The predicted octanol–water partition coefficient (Wildman–Crippen LogP) is 5.11. The zero-order chi connectivity index (χ0) is 24.6. The van der Waals surface area contributed by atoms with Gasteiger partial charge in [-0.25, -0.2) is 9.37 Å². The summed E-state index contributed by atoms with van der Waals surface area (Å²) in [5.41, 5.74) is 5.06. The first-order valence-corrected chi connectivity index (χ1v) is 11.7. The number of ketones is 1. The van der Waals surface area contributed by atoms with Crippen LogP contribution < -0.4 is 10.6 Å². The molecule has 35 heavy (non-hydrogen) atoms. The van der Waals surface area contributed by atoms with Crippen LogP contribution in [-0.2, 0) is 5.41 Å². The van der Waals surface area contributed by atoms with Gasteiger partial charge in [-0.3, -0.25) is 9.59 Å². The smallest absolute Gasteiger partial charge is 0.257 e. The number of allylic oxidation sites excluding steroid dienone is 4. The van der Waals surface area contributed by atoms with Gasteiger partial charge < -0.3 is 15.6 Å². The number of rotatable bonds is 5. The number of aromatic nitrogens is 2. The lowest BCUT2D eigenvalue weighted by molar-refractivity contribution is 0.0957. The van der Waals surface area contributed by atoms with E-state index in [9.17, 15) is 14.0 Å². The largest absolute Gasteiger partial charge is 0.346 e. The standard InChI is InChI=1S/C28H27FN4O2/c1-3-4-20(11-17(2)29)33-27(35)19-12-22-23(16-32-26(22)31-15-19)18-5-6-21-24(13-18)28(14-25(21)34)7-9-30-10-8-28/h3-6,11-13,15-16,30H,1,7-10,14H2,2H3,(H,31,32)(H,33,35)/b17-11+,20-4+. The third-order valence-electron chi connectivity index (χ3n) is 6.96. The van der Waals surface area contributed by atoms with E-state index in [0.717, 1.165) is 53.6 Å². The van der Waals surface area contributed by atoms with Crippen LogP contribution in [-0.4, -0.2) is 34.7 Å². The normalized spacial score (nSPS) is 17.6. The molecule has 1 aromatic carbocycles. The first-order valence-electron chi connectivity index (χ1n) is 11.7. The van der Waals surface area contributed by atoms with Crippen LogP contribution in [0.4, 0.5) is 4.39 Å². The lowest BCUT2D eigenvalue weighted by Crippen LogP contribution is -2.38. The number of H-pyrrole nitrogens is 1. The molecule has 178 valence electrons. The lowest BCUT2D eigenvalue weighted by atomic mass is 9.74. The molecule has 3 aromatic rings. The second-order valence-corrected chi connectivity index (χ2v) is 9.26. The Morgan fingerprint density at radius 2 is 2.03 bits per heavy atom. The molecule has 1 spiro atoms. The highest BCUT2D eigenvalue weighted by atomic mass is 19.1. The minimum atomic E-state index is -0.429. The van der Waals surface area contributed by atoms with Crippen LogP contribution in [0.5, 0.6) is 0 Å². The van der Waals surface area contributed by atoms with Gasteiger partial charge in [-0.1, -0.05) is 24.8 Å². The maximum atomic E-state index is 13.4.